The van der Waals surface area contributed by atoms with E-state index in [1.54, 1.807) is 12.3 Å². The van der Waals surface area contributed by atoms with E-state index in [4.69, 9.17) is 0 Å². The minimum Gasteiger partial charge on any atom is -0.329 e. The molecule has 0 atom stereocenters. The third kappa shape index (κ3) is 1.87. The van der Waals surface area contributed by atoms with Crippen molar-refractivity contribution >= 4 is 34.4 Å². The molecule has 6 nitrogen and oxygen atoms in total. The number of imidazole rings is 1. The molecule has 0 saturated heterocycles. The van der Waals surface area contributed by atoms with Crippen molar-refractivity contribution in [3.05, 3.63) is 34.9 Å². The quantitative estimate of drug-likeness (QED) is 0.719. The largest absolute Gasteiger partial charge is 0.329 e. The lowest BCUT2D eigenvalue weighted by atomic mass is 10.4. The van der Waals surface area contributed by atoms with Crippen LogP contribution in [-0.2, 0) is 0 Å². The summed E-state index contributed by atoms with van der Waals surface area (Å²) >= 11 is 1.37. The number of aromatic nitrogens is 4. The van der Waals surface area contributed by atoms with E-state index in [2.05, 4.69) is 25.3 Å². The summed E-state index contributed by atoms with van der Waals surface area (Å²) < 4.78 is 0. The average Bonchev–Trinajstić information content (AvgIpc) is 2.99. The number of amides is 1. The van der Waals surface area contributed by atoms with Gasteiger partial charge >= 0.3 is 0 Å². The number of carbonyl (C=O) groups excluding carboxylic acids is 1. The van der Waals surface area contributed by atoms with Gasteiger partial charge in [0.15, 0.2) is 5.65 Å². The lowest BCUT2D eigenvalue weighted by Crippen LogP contribution is -2.12. The maximum absolute atomic E-state index is 11.7. The van der Waals surface area contributed by atoms with Gasteiger partial charge in [0.1, 0.15) is 5.52 Å². The Morgan fingerprint density at radius 1 is 1.41 bits per heavy atom. The van der Waals surface area contributed by atoms with Crippen LogP contribution >= 0.6 is 11.3 Å². The fourth-order valence-corrected chi connectivity index (χ4v) is 1.99. The summed E-state index contributed by atoms with van der Waals surface area (Å²) in [6.45, 7) is 0. The maximum atomic E-state index is 11.7. The van der Waals surface area contributed by atoms with Crippen LogP contribution in [0.15, 0.2) is 30.0 Å². The molecule has 0 bridgehead atoms. The summed E-state index contributed by atoms with van der Waals surface area (Å²) in [6.07, 6.45) is 3.09. The Morgan fingerprint density at radius 2 is 2.35 bits per heavy atom. The number of rotatable bonds is 2. The molecule has 0 fully saturated rings. The molecule has 7 heteroatoms. The Kier molecular flexibility index (Phi) is 2.30. The van der Waals surface area contributed by atoms with Crippen LogP contribution in [0.3, 0.4) is 0 Å². The highest BCUT2D eigenvalue weighted by molar-refractivity contribution is 7.12. The van der Waals surface area contributed by atoms with Gasteiger partial charge in [0, 0.05) is 0 Å². The molecule has 0 aliphatic rings. The van der Waals surface area contributed by atoms with Crippen molar-refractivity contribution in [3.63, 3.8) is 0 Å². The number of fused-ring (bicyclic) bond motifs is 1. The topological polar surface area (TPSA) is 83.6 Å². The molecular weight excluding hydrogens is 238 g/mol. The van der Waals surface area contributed by atoms with E-state index in [1.165, 1.54) is 17.7 Å². The second-order valence-electron chi connectivity index (χ2n) is 3.26. The number of thiophene rings is 1. The SMILES string of the molecule is O=C(Nc1ncc2nc[nH]c2n1)c1cccs1. The number of carbonyl (C=O) groups is 1. The van der Waals surface area contributed by atoms with Crippen LogP contribution < -0.4 is 5.32 Å². The van der Waals surface area contributed by atoms with Gasteiger partial charge in [0.05, 0.1) is 17.4 Å². The minimum atomic E-state index is -0.209. The van der Waals surface area contributed by atoms with Gasteiger partial charge in [-0.25, -0.2) is 9.97 Å². The van der Waals surface area contributed by atoms with Crippen molar-refractivity contribution in [3.8, 4) is 0 Å². The number of hydrogen-bond donors (Lipinski definition) is 2. The first-order valence-corrected chi connectivity index (χ1v) is 5.72. The minimum absolute atomic E-state index is 0.209. The number of hydrogen-bond acceptors (Lipinski definition) is 5. The third-order valence-corrected chi connectivity index (χ3v) is 3.01. The first-order valence-electron chi connectivity index (χ1n) is 4.84. The lowest BCUT2D eigenvalue weighted by Gasteiger charge is -2.00. The van der Waals surface area contributed by atoms with E-state index in [-0.39, 0.29) is 11.9 Å². The third-order valence-electron chi connectivity index (χ3n) is 2.14. The molecule has 3 aromatic rings. The van der Waals surface area contributed by atoms with Gasteiger partial charge in [-0.2, -0.15) is 4.98 Å². The second-order valence-corrected chi connectivity index (χ2v) is 4.21. The van der Waals surface area contributed by atoms with Gasteiger partial charge in [-0.05, 0) is 11.4 Å². The molecule has 3 aromatic heterocycles. The van der Waals surface area contributed by atoms with E-state index >= 15 is 0 Å². The van der Waals surface area contributed by atoms with E-state index < -0.39 is 0 Å². The Labute approximate surface area is 99.8 Å². The summed E-state index contributed by atoms with van der Waals surface area (Å²) in [5, 5.41) is 4.47. The first-order chi connectivity index (χ1) is 8.33. The normalized spacial score (nSPS) is 10.6. The molecule has 3 rings (SSSR count). The predicted molar refractivity (Wildman–Crippen MR) is 64.0 cm³/mol. The lowest BCUT2D eigenvalue weighted by molar-refractivity contribution is 0.102. The molecule has 3 heterocycles. The molecule has 0 spiro atoms. The number of nitrogens with one attached hydrogen (secondary N) is 2. The van der Waals surface area contributed by atoms with E-state index in [9.17, 15) is 4.79 Å². The van der Waals surface area contributed by atoms with Crippen LogP contribution in [-0.4, -0.2) is 25.8 Å². The standard InChI is InChI=1S/C10H7N5OS/c16-9(7-2-1-3-17-7)15-10-11-4-6-8(14-10)13-5-12-6/h1-5H,(H2,11,12,13,14,15,16). The van der Waals surface area contributed by atoms with Crippen LogP contribution in [0.2, 0.25) is 0 Å². The van der Waals surface area contributed by atoms with Crippen LogP contribution in [0, 0.1) is 0 Å². The second kappa shape index (κ2) is 3.95. The Bertz CT molecular complexity index is 660. The summed E-state index contributed by atoms with van der Waals surface area (Å²) in [5.74, 6) is 0.0546. The van der Waals surface area contributed by atoms with Crippen molar-refractivity contribution in [2.75, 3.05) is 5.32 Å². The molecule has 2 N–H and O–H groups in total. The molecule has 84 valence electrons. The summed E-state index contributed by atoms with van der Waals surface area (Å²) in [7, 11) is 0. The van der Waals surface area contributed by atoms with Gasteiger partial charge in [-0.1, -0.05) is 6.07 Å². The zero-order valence-electron chi connectivity index (χ0n) is 8.54. The van der Waals surface area contributed by atoms with E-state index in [0.717, 1.165) is 0 Å². The number of anilines is 1. The Hall–Kier alpha value is -2.28. The van der Waals surface area contributed by atoms with Gasteiger partial charge < -0.3 is 4.98 Å². The van der Waals surface area contributed by atoms with Gasteiger partial charge in [-0.3, -0.25) is 10.1 Å². The van der Waals surface area contributed by atoms with Gasteiger partial charge in [0.25, 0.3) is 5.91 Å². The summed E-state index contributed by atoms with van der Waals surface area (Å²) in [6, 6.07) is 3.56. The highest BCUT2D eigenvalue weighted by atomic mass is 32.1. The summed E-state index contributed by atoms with van der Waals surface area (Å²) in [4.78, 5) is 27.4. The average molecular weight is 245 g/mol. The zero-order chi connectivity index (χ0) is 11.7. The molecule has 0 unspecified atom stereocenters. The van der Waals surface area contributed by atoms with Crippen LogP contribution in [0.25, 0.3) is 11.2 Å². The smallest absolute Gasteiger partial charge is 0.268 e. The Balaban J connectivity index is 1.87. The predicted octanol–water partition coefficient (Wildman–Crippen LogP) is 1.67. The molecule has 17 heavy (non-hydrogen) atoms. The first kappa shape index (κ1) is 9.91. The van der Waals surface area contributed by atoms with Crippen molar-refractivity contribution < 1.29 is 4.79 Å². The monoisotopic (exact) mass is 245 g/mol. The van der Waals surface area contributed by atoms with Crippen LogP contribution in [0.5, 0.6) is 0 Å². The molecule has 0 radical (unpaired) electrons. The number of aromatic amines is 1. The fraction of sp³-hybridized carbons (Fsp3) is 0. The molecule has 0 aliphatic carbocycles. The molecule has 0 aliphatic heterocycles. The fourth-order valence-electron chi connectivity index (χ4n) is 1.37. The number of nitrogens with zero attached hydrogens (tertiary/aromatic N) is 3. The zero-order valence-corrected chi connectivity index (χ0v) is 9.36. The van der Waals surface area contributed by atoms with Crippen LogP contribution in [0.4, 0.5) is 5.95 Å². The molecule has 0 aromatic carbocycles. The molecule has 0 saturated carbocycles. The van der Waals surface area contributed by atoms with Gasteiger partial charge in [0.2, 0.25) is 5.95 Å². The Morgan fingerprint density at radius 3 is 3.18 bits per heavy atom. The number of H-pyrrole nitrogens is 1. The highest BCUT2D eigenvalue weighted by Gasteiger charge is 2.09. The highest BCUT2D eigenvalue weighted by Crippen LogP contribution is 2.12. The summed E-state index contributed by atoms with van der Waals surface area (Å²) in [5.41, 5.74) is 1.26. The van der Waals surface area contributed by atoms with Gasteiger partial charge in [-0.15, -0.1) is 11.3 Å². The van der Waals surface area contributed by atoms with E-state index in [1.807, 2.05) is 11.4 Å². The maximum Gasteiger partial charge on any atom is 0.268 e. The van der Waals surface area contributed by atoms with Crippen molar-refractivity contribution in [2.24, 2.45) is 0 Å². The van der Waals surface area contributed by atoms with Crippen molar-refractivity contribution in [1.29, 1.82) is 0 Å². The van der Waals surface area contributed by atoms with Crippen molar-refractivity contribution in [2.45, 2.75) is 0 Å². The molecule has 1 amide bonds. The molecular formula is C10H7N5OS. The van der Waals surface area contributed by atoms with Crippen LogP contribution in [0.1, 0.15) is 9.67 Å². The van der Waals surface area contributed by atoms with Crippen molar-refractivity contribution in [1.82, 2.24) is 19.9 Å². The van der Waals surface area contributed by atoms with E-state index in [0.29, 0.717) is 16.0 Å².